The van der Waals surface area contributed by atoms with Crippen molar-refractivity contribution in [2.45, 2.75) is 0 Å². The summed E-state index contributed by atoms with van der Waals surface area (Å²) in [5.74, 6) is 0. The van der Waals surface area contributed by atoms with E-state index in [1.54, 1.807) is 0 Å². The molecule has 10 nitrogen and oxygen atoms in total. The maximum absolute atomic E-state index is 11.5. The number of hydrogen-bond donors (Lipinski definition) is 2. The number of nitro benzene ring substituents is 2. The third-order valence-electron chi connectivity index (χ3n) is 3.21. The summed E-state index contributed by atoms with van der Waals surface area (Å²) in [6.07, 6.45) is 0. The lowest BCUT2D eigenvalue weighted by Gasteiger charge is -2.05. The Balaban J connectivity index is 2.71. The number of hydrogen-bond acceptors (Lipinski definition) is 6. The van der Waals surface area contributed by atoms with Crippen LogP contribution in [0.3, 0.4) is 0 Å². The Hall–Kier alpha value is -3.56. The number of rotatable bonds is 2. The second kappa shape index (κ2) is 4.48. The second-order valence-corrected chi connectivity index (χ2v) is 4.44. The molecular weight excluding hydrogens is 296 g/mol. The Labute approximate surface area is 119 Å². The van der Waals surface area contributed by atoms with Crippen LogP contribution in [0, 0.1) is 20.2 Å². The number of H-pyrrole nitrogens is 2. The Morgan fingerprint density at radius 1 is 0.909 bits per heavy atom. The zero-order valence-corrected chi connectivity index (χ0v) is 10.7. The highest BCUT2D eigenvalue weighted by Crippen LogP contribution is 2.36. The van der Waals surface area contributed by atoms with Gasteiger partial charge >= 0.3 is 11.1 Å². The molecule has 0 unspecified atom stereocenters. The van der Waals surface area contributed by atoms with Gasteiger partial charge in [-0.15, -0.1) is 0 Å². The van der Waals surface area contributed by atoms with Crippen LogP contribution in [-0.4, -0.2) is 19.8 Å². The average molecular weight is 302 g/mol. The van der Waals surface area contributed by atoms with E-state index in [0.29, 0.717) is 0 Å². The lowest BCUT2D eigenvalue weighted by molar-refractivity contribution is -0.384. The molecule has 0 saturated carbocycles. The van der Waals surface area contributed by atoms with E-state index in [-0.39, 0.29) is 21.8 Å². The van der Waals surface area contributed by atoms with Crippen LogP contribution in [0.15, 0.2) is 33.9 Å². The standard InChI is InChI=1S/C12H6N4O6/c17-11-12(18)14-10-6(13-11)4-8(16(21)22)5-2-1-3-7(9(5)10)15(19)20/h1-4H,(H,13,17)(H,14,18). The van der Waals surface area contributed by atoms with Crippen LogP contribution < -0.4 is 11.1 Å². The van der Waals surface area contributed by atoms with E-state index in [4.69, 9.17) is 0 Å². The summed E-state index contributed by atoms with van der Waals surface area (Å²) < 4.78 is 0. The second-order valence-electron chi connectivity index (χ2n) is 4.44. The molecule has 2 aromatic carbocycles. The monoisotopic (exact) mass is 302 g/mol. The van der Waals surface area contributed by atoms with Crippen molar-refractivity contribution in [2.75, 3.05) is 0 Å². The first-order valence-corrected chi connectivity index (χ1v) is 5.91. The normalized spacial score (nSPS) is 10.9. The van der Waals surface area contributed by atoms with Crippen LogP contribution in [-0.2, 0) is 0 Å². The summed E-state index contributed by atoms with van der Waals surface area (Å²) in [5, 5.41) is 22.2. The van der Waals surface area contributed by atoms with E-state index in [1.807, 2.05) is 0 Å². The molecule has 0 aliphatic carbocycles. The highest BCUT2D eigenvalue weighted by Gasteiger charge is 2.23. The van der Waals surface area contributed by atoms with E-state index in [9.17, 15) is 29.8 Å². The van der Waals surface area contributed by atoms with Crippen LogP contribution in [0.25, 0.3) is 21.8 Å². The third kappa shape index (κ3) is 1.82. The van der Waals surface area contributed by atoms with Crippen LogP contribution >= 0.6 is 0 Å². The Kier molecular flexibility index (Phi) is 2.73. The molecule has 3 rings (SSSR count). The number of nitrogens with one attached hydrogen (secondary N) is 2. The van der Waals surface area contributed by atoms with Crippen molar-refractivity contribution in [3.63, 3.8) is 0 Å². The van der Waals surface area contributed by atoms with E-state index in [2.05, 4.69) is 9.97 Å². The molecule has 2 N–H and O–H groups in total. The van der Waals surface area contributed by atoms with Crippen LogP contribution in [0.5, 0.6) is 0 Å². The van der Waals surface area contributed by atoms with E-state index in [0.717, 1.165) is 12.1 Å². The zero-order chi connectivity index (χ0) is 16.0. The summed E-state index contributed by atoms with van der Waals surface area (Å²) in [7, 11) is 0. The molecule has 1 aromatic heterocycles. The van der Waals surface area contributed by atoms with Gasteiger partial charge in [0.2, 0.25) is 0 Å². The summed E-state index contributed by atoms with van der Waals surface area (Å²) >= 11 is 0. The molecule has 0 bridgehead atoms. The Bertz CT molecular complexity index is 1070. The predicted molar refractivity (Wildman–Crippen MR) is 76.0 cm³/mol. The molecule has 0 spiro atoms. The number of nitro groups is 2. The number of aromatic nitrogens is 2. The van der Waals surface area contributed by atoms with Gasteiger partial charge in [0.1, 0.15) is 0 Å². The van der Waals surface area contributed by atoms with Gasteiger partial charge in [0.05, 0.1) is 31.7 Å². The molecular formula is C12H6N4O6. The number of fused-ring (bicyclic) bond motifs is 3. The van der Waals surface area contributed by atoms with Crippen molar-refractivity contribution in [1.29, 1.82) is 0 Å². The van der Waals surface area contributed by atoms with Crippen molar-refractivity contribution in [3.05, 3.63) is 65.2 Å². The van der Waals surface area contributed by atoms with E-state index in [1.165, 1.54) is 12.1 Å². The average Bonchev–Trinajstić information content (AvgIpc) is 2.47. The first-order chi connectivity index (χ1) is 10.4. The molecule has 0 amide bonds. The van der Waals surface area contributed by atoms with Crippen molar-refractivity contribution >= 4 is 33.2 Å². The van der Waals surface area contributed by atoms with Gasteiger partial charge in [-0.2, -0.15) is 0 Å². The lowest BCUT2D eigenvalue weighted by Crippen LogP contribution is -2.29. The minimum atomic E-state index is -1.00. The van der Waals surface area contributed by atoms with E-state index < -0.39 is 32.3 Å². The molecule has 3 aromatic rings. The van der Waals surface area contributed by atoms with Crippen molar-refractivity contribution in [3.8, 4) is 0 Å². The fourth-order valence-electron chi connectivity index (χ4n) is 2.32. The van der Waals surface area contributed by atoms with Gasteiger partial charge in [0.15, 0.2) is 0 Å². The van der Waals surface area contributed by atoms with Gasteiger partial charge in [-0.1, -0.05) is 6.07 Å². The van der Waals surface area contributed by atoms with Crippen molar-refractivity contribution in [1.82, 2.24) is 9.97 Å². The van der Waals surface area contributed by atoms with Gasteiger partial charge in [-0.3, -0.25) is 29.8 Å². The van der Waals surface area contributed by atoms with Gasteiger partial charge < -0.3 is 9.97 Å². The molecule has 0 radical (unpaired) electrons. The molecule has 22 heavy (non-hydrogen) atoms. The zero-order valence-electron chi connectivity index (χ0n) is 10.7. The Morgan fingerprint density at radius 3 is 2.18 bits per heavy atom. The van der Waals surface area contributed by atoms with Crippen molar-refractivity contribution < 1.29 is 9.85 Å². The minimum Gasteiger partial charge on any atom is -0.316 e. The molecule has 110 valence electrons. The van der Waals surface area contributed by atoms with E-state index >= 15 is 0 Å². The quantitative estimate of drug-likeness (QED) is 0.314. The van der Waals surface area contributed by atoms with Gasteiger partial charge in [0.25, 0.3) is 11.4 Å². The van der Waals surface area contributed by atoms with Gasteiger partial charge in [-0.05, 0) is 6.07 Å². The van der Waals surface area contributed by atoms with Crippen LogP contribution in [0.2, 0.25) is 0 Å². The van der Waals surface area contributed by atoms with Crippen LogP contribution in [0.1, 0.15) is 0 Å². The summed E-state index contributed by atoms with van der Waals surface area (Å²) in [6.45, 7) is 0. The minimum absolute atomic E-state index is 0.00519. The first-order valence-electron chi connectivity index (χ1n) is 5.91. The summed E-state index contributed by atoms with van der Waals surface area (Å²) in [4.78, 5) is 48.2. The largest absolute Gasteiger partial charge is 0.316 e. The smallest absolute Gasteiger partial charge is 0.314 e. The molecule has 0 atom stereocenters. The maximum atomic E-state index is 11.5. The number of aromatic amines is 2. The van der Waals surface area contributed by atoms with Gasteiger partial charge in [-0.25, -0.2) is 0 Å². The topological polar surface area (TPSA) is 152 Å². The molecule has 1 heterocycles. The fourth-order valence-corrected chi connectivity index (χ4v) is 2.32. The molecule has 0 saturated heterocycles. The number of nitrogens with zero attached hydrogens (tertiary/aromatic N) is 2. The summed E-state index contributed by atoms with van der Waals surface area (Å²) in [6, 6.07) is 4.86. The third-order valence-corrected chi connectivity index (χ3v) is 3.21. The van der Waals surface area contributed by atoms with Crippen LogP contribution in [0.4, 0.5) is 11.4 Å². The maximum Gasteiger partial charge on any atom is 0.314 e. The highest BCUT2D eigenvalue weighted by molar-refractivity contribution is 6.12. The molecule has 0 aliphatic heterocycles. The molecule has 0 aliphatic rings. The number of benzene rings is 2. The predicted octanol–water partition coefficient (Wildman–Crippen LogP) is 1.19. The highest BCUT2D eigenvalue weighted by atomic mass is 16.6. The summed E-state index contributed by atoms with van der Waals surface area (Å²) in [5.41, 5.74) is -2.90. The fraction of sp³-hybridized carbons (Fsp3) is 0. The number of non-ortho nitro benzene ring substituents is 2. The lowest BCUT2D eigenvalue weighted by atomic mass is 10.0. The SMILES string of the molecule is O=c1[nH]c2cc([N+](=O)[O-])c3cccc([N+](=O)[O-])c3c2[nH]c1=O. The first kappa shape index (κ1) is 13.4. The van der Waals surface area contributed by atoms with Crippen molar-refractivity contribution in [2.24, 2.45) is 0 Å². The molecule has 10 heteroatoms. The Morgan fingerprint density at radius 2 is 1.55 bits per heavy atom. The van der Waals surface area contributed by atoms with Gasteiger partial charge in [0, 0.05) is 12.1 Å². The molecule has 0 fully saturated rings.